The Morgan fingerprint density at radius 3 is 2.50 bits per heavy atom. The standard InChI is InChI=1S/C17H26N4S/c1-10-20(2)21-9-15(19-17(21)22-10)8-18-16-13-4-11-3-12(6-13)7-14(16)5-11/h9-14,16,18H,3-8H2,1-2H3. The molecular weight excluding hydrogens is 292 g/mol. The summed E-state index contributed by atoms with van der Waals surface area (Å²) < 4.78 is 2.21. The first kappa shape index (κ1) is 13.7. The first-order valence-electron chi connectivity index (χ1n) is 8.89. The van der Waals surface area contributed by atoms with E-state index in [1.165, 1.54) is 37.8 Å². The Kier molecular flexibility index (Phi) is 3.06. The van der Waals surface area contributed by atoms with Crippen LogP contribution < -0.4 is 10.3 Å². The van der Waals surface area contributed by atoms with Crippen LogP contribution in [0.25, 0.3) is 0 Å². The van der Waals surface area contributed by atoms with Gasteiger partial charge in [0.2, 0.25) is 0 Å². The van der Waals surface area contributed by atoms with Crippen molar-refractivity contribution in [2.75, 3.05) is 12.1 Å². The third kappa shape index (κ3) is 2.04. The average molecular weight is 318 g/mol. The molecule has 2 heterocycles. The summed E-state index contributed by atoms with van der Waals surface area (Å²) in [6.07, 6.45) is 9.70. The van der Waals surface area contributed by atoms with Crippen LogP contribution in [0.4, 0.5) is 0 Å². The minimum atomic E-state index is 0.494. The first-order valence-corrected chi connectivity index (χ1v) is 9.76. The monoisotopic (exact) mass is 318 g/mol. The molecule has 0 saturated heterocycles. The second-order valence-corrected chi connectivity index (χ2v) is 9.27. The molecule has 1 atom stereocenters. The van der Waals surface area contributed by atoms with Gasteiger partial charge in [-0.3, -0.25) is 0 Å². The molecule has 1 aromatic heterocycles. The highest BCUT2D eigenvalue weighted by Gasteiger charge is 2.47. The number of fused-ring (bicyclic) bond motifs is 1. The maximum Gasteiger partial charge on any atom is 0.189 e. The molecule has 1 unspecified atom stereocenters. The Labute approximate surface area is 137 Å². The number of rotatable bonds is 3. The predicted molar refractivity (Wildman–Crippen MR) is 89.4 cm³/mol. The molecule has 4 aliphatic carbocycles. The summed E-state index contributed by atoms with van der Waals surface area (Å²) >= 11 is 1.85. The lowest BCUT2D eigenvalue weighted by atomic mass is 9.54. The Hall–Kier alpha value is -0.680. The SMILES string of the molecule is CC1Sc2nc(CNC3C4CC5CC(C4)CC3C5)cn2N1C. The van der Waals surface area contributed by atoms with Crippen molar-refractivity contribution < 1.29 is 0 Å². The summed E-state index contributed by atoms with van der Waals surface area (Å²) in [5.74, 6) is 4.01. The van der Waals surface area contributed by atoms with E-state index >= 15 is 0 Å². The lowest BCUT2D eigenvalue weighted by molar-refractivity contribution is -0.0143. The van der Waals surface area contributed by atoms with Crippen LogP contribution in [0.1, 0.15) is 44.7 Å². The van der Waals surface area contributed by atoms with Crippen LogP contribution in [0.15, 0.2) is 11.4 Å². The van der Waals surface area contributed by atoms with E-state index in [1.54, 1.807) is 0 Å². The van der Waals surface area contributed by atoms with Crippen LogP contribution in [-0.2, 0) is 6.54 Å². The topological polar surface area (TPSA) is 33.1 Å². The van der Waals surface area contributed by atoms with Crippen molar-refractivity contribution in [1.29, 1.82) is 0 Å². The zero-order valence-electron chi connectivity index (χ0n) is 13.5. The van der Waals surface area contributed by atoms with Gasteiger partial charge < -0.3 is 10.3 Å². The summed E-state index contributed by atoms with van der Waals surface area (Å²) in [5.41, 5.74) is 1.20. The van der Waals surface area contributed by atoms with Crippen molar-refractivity contribution >= 4 is 11.8 Å². The zero-order chi connectivity index (χ0) is 14.8. The minimum absolute atomic E-state index is 0.494. The molecule has 0 aromatic carbocycles. The number of nitrogens with one attached hydrogen (secondary N) is 1. The molecule has 5 aliphatic rings. The quantitative estimate of drug-likeness (QED) is 0.929. The normalized spacial score (nSPS) is 42.2. The van der Waals surface area contributed by atoms with Gasteiger partial charge in [0.05, 0.1) is 17.3 Å². The van der Waals surface area contributed by atoms with Crippen LogP contribution in [0.2, 0.25) is 0 Å². The summed E-state index contributed by atoms with van der Waals surface area (Å²) in [6, 6.07) is 0.758. The van der Waals surface area contributed by atoms with Gasteiger partial charge in [-0.05, 0) is 62.7 Å². The largest absolute Gasteiger partial charge is 0.308 e. The lowest BCUT2D eigenvalue weighted by Crippen LogP contribution is -2.54. The highest BCUT2D eigenvalue weighted by Crippen LogP contribution is 2.53. The molecule has 1 N–H and O–H groups in total. The van der Waals surface area contributed by atoms with Crippen LogP contribution >= 0.6 is 11.8 Å². The molecule has 6 rings (SSSR count). The zero-order valence-corrected chi connectivity index (χ0v) is 14.4. The molecule has 4 nitrogen and oxygen atoms in total. The van der Waals surface area contributed by atoms with Gasteiger partial charge in [-0.1, -0.05) is 11.8 Å². The molecule has 0 amide bonds. The first-order chi connectivity index (χ1) is 10.7. The summed E-state index contributed by atoms with van der Waals surface area (Å²) in [5, 5.41) is 7.80. The van der Waals surface area contributed by atoms with Gasteiger partial charge in [0.25, 0.3) is 0 Å². The van der Waals surface area contributed by atoms with Gasteiger partial charge in [0.1, 0.15) is 0 Å². The Bertz CT molecular complexity index is 555. The molecule has 4 saturated carbocycles. The molecule has 4 fully saturated rings. The van der Waals surface area contributed by atoms with Crippen molar-refractivity contribution in [2.24, 2.45) is 23.7 Å². The van der Waals surface area contributed by atoms with E-state index in [0.29, 0.717) is 5.37 Å². The number of hydrogen-bond donors (Lipinski definition) is 1. The summed E-state index contributed by atoms with van der Waals surface area (Å²) in [6.45, 7) is 3.17. The highest BCUT2D eigenvalue weighted by atomic mass is 32.2. The van der Waals surface area contributed by atoms with Gasteiger partial charge in [0.15, 0.2) is 5.16 Å². The van der Waals surface area contributed by atoms with Crippen molar-refractivity contribution in [3.63, 3.8) is 0 Å². The molecule has 120 valence electrons. The number of imidazole rings is 1. The maximum atomic E-state index is 4.82. The summed E-state index contributed by atoms with van der Waals surface area (Å²) in [7, 11) is 2.14. The lowest BCUT2D eigenvalue weighted by Gasteiger charge is -2.54. The molecule has 4 bridgehead atoms. The number of nitrogens with zero attached hydrogens (tertiary/aromatic N) is 3. The van der Waals surface area contributed by atoms with Crippen molar-refractivity contribution in [1.82, 2.24) is 15.0 Å². The van der Waals surface area contributed by atoms with Crippen molar-refractivity contribution in [3.8, 4) is 0 Å². The minimum Gasteiger partial charge on any atom is -0.308 e. The fourth-order valence-electron chi connectivity index (χ4n) is 5.68. The molecule has 5 heteroatoms. The molecule has 0 radical (unpaired) electrons. The fourth-order valence-corrected chi connectivity index (χ4v) is 6.69. The molecule has 22 heavy (non-hydrogen) atoms. The van der Waals surface area contributed by atoms with Crippen LogP contribution in [0.5, 0.6) is 0 Å². The van der Waals surface area contributed by atoms with Crippen molar-refractivity contribution in [3.05, 3.63) is 11.9 Å². The van der Waals surface area contributed by atoms with E-state index in [-0.39, 0.29) is 0 Å². The smallest absolute Gasteiger partial charge is 0.189 e. The number of thioether (sulfide) groups is 1. The van der Waals surface area contributed by atoms with Crippen molar-refractivity contribution in [2.45, 2.75) is 62.1 Å². The van der Waals surface area contributed by atoms with Gasteiger partial charge in [0, 0.05) is 19.6 Å². The molecule has 1 aromatic rings. The predicted octanol–water partition coefficient (Wildman–Crippen LogP) is 2.82. The second-order valence-electron chi connectivity index (χ2n) is 7.99. The second kappa shape index (κ2) is 4.91. The van der Waals surface area contributed by atoms with E-state index < -0.39 is 0 Å². The molecular formula is C17H26N4S. The van der Waals surface area contributed by atoms with E-state index in [9.17, 15) is 0 Å². The maximum absolute atomic E-state index is 4.82. The van der Waals surface area contributed by atoms with Gasteiger partial charge >= 0.3 is 0 Å². The van der Waals surface area contributed by atoms with E-state index in [2.05, 4.69) is 35.2 Å². The van der Waals surface area contributed by atoms with Crippen LogP contribution in [-0.4, -0.2) is 28.1 Å². The highest BCUT2D eigenvalue weighted by molar-refractivity contribution is 8.00. The number of aromatic nitrogens is 2. The Balaban J connectivity index is 1.27. The average Bonchev–Trinajstić information content (AvgIpc) is 2.98. The van der Waals surface area contributed by atoms with E-state index in [0.717, 1.165) is 41.4 Å². The summed E-state index contributed by atoms with van der Waals surface area (Å²) in [4.78, 5) is 4.82. The van der Waals surface area contributed by atoms with Crippen LogP contribution in [0.3, 0.4) is 0 Å². The fraction of sp³-hybridized carbons (Fsp3) is 0.824. The van der Waals surface area contributed by atoms with E-state index in [1.807, 2.05) is 11.8 Å². The third-order valence-corrected chi connectivity index (χ3v) is 7.73. The van der Waals surface area contributed by atoms with E-state index in [4.69, 9.17) is 4.98 Å². The van der Waals surface area contributed by atoms with Gasteiger partial charge in [-0.25, -0.2) is 9.66 Å². The Morgan fingerprint density at radius 2 is 1.86 bits per heavy atom. The number of hydrogen-bond acceptors (Lipinski definition) is 4. The van der Waals surface area contributed by atoms with Gasteiger partial charge in [-0.15, -0.1) is 0 Å². The third-order valence-electron chi connectivity index (χ3n) is 6.59. The van der Waals surface area contributed by atoms with Crippen LogP contribution in [0, 0.1) is 23.7 Å². The molecule has 0 spiro atoms. The van der Waals surface area contributed by atoms with Gasteiger partial charge in [-0.2, -0.15) is 0 Å². The molecule has 1 aliphatic heterocycles. The Morgan fingerprint density at radius 1 is 1.18 bits per heavy atom.